The van der Waals surface area contributed by atoms with Gasteiger partial charge in [0.05, 0.1) is 35.2 Å². The molecular formula is C24H18N2O5. The van der Waals surface area contributed by atoms with Crippen LogP contribution in [-0.2, 0) is 9.53 Å². The van der Waals surface area contributed by atoms with Crippen LogP contribution in [0.5, 0.6) is 0 Å². The van der Waals surface area contributed by atoms with Crippen LogP contribution in [0.1, 0.15) is 31.8 Å². The number of carbonyl (C=O) groups excluding carboxylic acids is 2. The van der Waals surface area contributed by atoms with Gasteiger partial charge in [0.2, 0.25) is 0 Å². The predicted molar refractivity (Wildman–Crippen MR) is 117 cm³/mol. The van der Waals surface area contributed by atoms with E-state index in [1.165, 1.54) is 19.2 Å². The third kappa shape index (κ3) is 3.89. The van der Waals surface area contributed by atoms with E-state index < -0.39 is 11.9 Å². The fourth-order valence-electron chi connectivity index (χ4n) is 3.39. The zero-order chi connectivity index (χ0) is 22.0. The minimum atomic E-state index is -1.02. The third-order valence-corrected chi connectivity index (χ3v) is 4.90. The first-order valence-electron chi connectivity index (χ1n) is 9.42. The molecule has 0 aromatic heterocycles. The number of carbonyl (C=O) groups is 3. The van der Waals surface area contributed by atoms with Crippen molar-refractivity contribution in [3.8, 4) is 0 Å². The molecule has 1 heterocycles. The Bertz CT molecular complexity index is 1210. The summed E-state index contributed by atoms with van der Waals surface area (Å²) in [6, 6.07) is 20.5. The van der Waals surface area contributed by atoms with Gasteiger partial charge in [0.1, 0.15) is 0 Å². The summed E-state index contributed by atoms with van der Waals surface area (Å²) >= 11 is 0. The molecule has 0 fully saturated rings. The Kier molecular flexibility index (Phi) is 5.24. The summed E-state index contributed by atoms with van der Waals surface area (Å²) in [5.41, 5.74) is 4.04. The Labute approximate surface area is 178 Å². The molecule has 0 spiro atoms. The van der Waals surface area contributed by atoms with Gasteiger partial charge in [0, 0.05) is 11.3 Å². The lowest BCUT2D eigenvalue weighted by Crippen LogP contribution is -2.10. The summed E-state index contributed by atoms with van der Waals surface area (Å²) in [6.45, 7) is 0. The van der Waals surface area contributed by atoms with Crippen molar-refractivity contribution >= 4 is 40.5 Å². The monoisotopic (exact) mass is 414 g/mol. The smallest absolute Gasteiger partial charge is 0.337 e. The van der Waals surface area contributed by atoms with Crippen molar-refractivity contribution in [2.75, 3.05) is 17.7 Å². The standard InChI is InChI=1S/C24H18N2O5/c1-31-24(30)16-9-12-18-19(13-16)26-22(27)20(18)21(14-5-3-2-4-6-14)25-17-10-7-15(8-11-17)23(28)29/h2-13,25H,1H3,(H,26,27)(H,28,29)/b21-20-. The lowest BCUT2D eigenvalue weighted by atomic mass is 9.99. The fraction of sp³-hybridized carbons (Fsp3) is 0.0417. The topological polar surface area (TPSA) is 105 Å². The average Bonchev–Trinajstić information content (AvgIpc) is 3.12. The van der Waals surface area contributed by atoms with E-state index in [-0.39, 0.29) is 11.5 Å². The summed E-state index contributed by atoms with van der Waals surface area (Å²) in [4.78, 5) is 35.9. The number of rotatable bonds is 5. The van der Waals surface area contributed by atoms with E-state index in [0.29, 0.717) is 33.8 Å². The van der Waals surface area contributed by atoms with Gasteiger partial charge in [-0.05, 0) is 42.0 Å². The van der Waals surface area contributed by atoms with Gasteiger partial charge in [-0.25, -0.2) is 9.59 Å². The molecule has 0 bridgehead atoms. The molecule has 3 N–H and O–H groups in total. The van der Waals surface area contributed by atoms with E-state index in [1.807, 2.05) is 30.3 Å². The van der Waals surface area contributed by atoms with Crippen molar-refractivity contribution in [2.24, 2.45) is 0 Å². The van der Waals surface area contributed by atoms with Crippen LogP contribution in [0.2, 0.25) is 0 Å². The Morgan fingerprint density at radius 3 is 2.23 bits per heavy atom. The van der Waals surface area contributed by atoms with E-state index in [2.05, 4.69) is 10.6 Å². The number of carboxylic acids is 1. The number of methoxy groups -OCH3 is 1. The van der Waals surface area contributed by atoms with Crippen LogP contribution in [0.25, 0.3) is 11.3 Å². The number of carboxylic acid groups (broad SMARTS) is 1. The molecule has 4 rings (SSSR count). The molecule has 7 nitrogen and oxygen atoms in total. The van der Waals surface area contributed by atoms with E-state index in [4.69, 9.17) is 9.84 Å². The summed E-state index contributed by atoms with van der Waals surface area (Å²) in [6.07, 6.45) is 0. The highest BCUT2D eigenvalue weighted by atomic mass is 16.5. The second-order valence-corrected chi connectivity index (χ2v) is 6.83. The lowest BCUT2D eigenvalue weighted by molar-refractivity contribution is -0.110. The van der Waals surface area contributed by atoms with Gasteiger partial charge in [0.15, 0.2) is 0 Å². The van der Waals surface area contributed by atoms with Crippen molar-refractivity contribution in [1.82, 2.24) is 0 Å². The fourth-order valence-corrected chi connectivity index (χ4v) is 3.39. The third-order valence-electron chi connectivity index (χ3n) is 4.90. The SMILES string of the molecule is COC(=O)c1ccc2c(c1)NC(=O)/C2=C(\Nc1ccc(C(=O)O)cc1)c1ccccc1. The molecule has 1 aliphatic rings. The molecule has 0 saturated heterocycles. The number of hydrogen-bond donors (Lipinski definition) is 3. The van der Waals surface area contributed by atoms with Gasteiger partial charge < -0.3 is 20.5 Å². The Morgan fingerprint density at radius 1 is 0.903 bits per heavy atom. The average molecular weight is 414 g/mol. The highest BCUT2D eigenvalue weighted by Gasteiger charge is 2.29. The number of anilines is 2. The van der Waals surface area contributed by atoms with Gasteiger partial charge in [-0.3, -0.25) is 4.79 Å². The second-order valence-electron chi connectivity index (χ2n) is 6.83. The number of nitrogens with one attached hydrogen (secondary N) is 2. The minimum Gasteiger partial charge on any atom is -0.478 e. The van der Waals surface area contributed by atoms with Crippen LogP contribution < -0.4 is 10.6 Å². The number of esters is 1. The summed E-state index contributed by atoms with van der Waals surface area (Å²) in [7, 11) is 1.30. The zero-order valence-corrected chi connectivity index (χ0v) is 16.5. The van der Waals surface area contributed by atoms with E-state index in [0.717, 1.165) is 5.56 Å². The van der Waals surface area contributed by atoms with Gasteiger partial charge >= 0.3 is 11.9 Å². The molecule has 0 radical (unpaired) electrons. The zero-order valence-electron chi connectivity index (χ0n) is 16.5. The number of ether oxygens (including phenoxy) is 1. The molecule has 0 atom stereocenters. The number of fused-ring (bicyclic) bond motifs is 1. The molecule has 154 valence electrons. The molecular weight excluding hydrogens is 396 g/mol. The maximum absolute atomic E-state index is 12.9. The Hall–Kier alpha value is -4.39. The molecule has 3 aromatic rings. The van der Waals surface area contributed by atoms with Crippen molar-refractivity contribution in [2.45, 2.75) is 0 Å². The van der Waals surface area contributed by atoms with E-state index in [1.54, 1.807) is 30.3 Å². The second kappa shape index (κ2) is 8.16. The maximum Gasteiger partial charge on any atom is 0.337 e. The maximum atomic E-state index is 12.9. The minimum absolute atomic E-state index is 0.166. The quantitative estimate of drug-likeness (QED) is 0.429. The molecule has 3 aromatic carbocycles. The molecule has 1 aliphatic heterocycles. The highest BCUT2D eigenvalue weighted by Crippen LogP contribution is 2.38. The van der Waals surface area contributed by atoms with Crippen molar-refractivity contribution in [1.29, 1.82) is 0 Å². The van der Waals surface area contributed by atoms with Crippen LogP contribution in [0.3, 0.4) is 0 Å². The Balaban J connectivity index is 1.83. The number of aromatic carboxylic acids is 1. The van der Waals surface area contributed by atoms with Crippen LogP contribution in [0, 0.1) is 0 Å². The van der Waals surface area contributed by atoms with Crippen molar-refractivity contribution < 1.29 is 24.2 Å². The highest BCUT2D eigenvalue weighted by molar-refractivity contribution is 6.37. The normalized spacial score (nSPS) is 13.8. The summed E-state index contributed by atoms with van der Waals surface area (Å²) < 4.78 is 4.75. The van der Waals surface area contributed by atoms with Crippen LogP contribution in [-0.4, -0.2) is 30.1 Å². The lowest BCUT2D eigenvalue weighted by Gasteiger charge is -2.15. The van der Waals surface area contributed by atoms with E-state index in [9.17, 15) is 14.4 Å². The van der Waals surface area contributed by atoms with Gasteiger partial charge in [-0.2, -0.15) is 0 Å². The summed E-state index contributed by atoms with van der Waals surface area (Å²) in [5, 5.41) is 15.2. The number of benzene rings is 3. The van der Waals surface area contributed by atoms with Crippen molar-refractivity contribution in [3.05, 3.63) is 95.1 Å². The predicted octanol–water partition coefficient (Wildman–Crippen LogP) is 4.10. The molecule has 0 aliphatic carbocycles. The number of amides is 1. The van der Waals surface area contributed by atoms with E-state index >= 15 is 0 Å². The molecule has 1 amide bonds. The Morgan fingerprint density at radius 2 is 1.58 bits per heavy atom. The number of hydrogen-bond acceptors (Lipinski definition) is 5. The van der Waals surface area contributed by atoms with Gasteiger partial charge in [0.25, 0.3) is 5.91 Å². The molecule has 31 heavy (non-hydrogen) atoms. The molecule has 7 heteroatoms. The molecule has 0 saturated carbocycles. The molecule has 0 unspecified atom stereocenters. The first-order valence-corrected chi connectivity index (χ1v) is 9.42. The van der Waals surface area contributed by atoms with Crippen LogP contribution >= 0.6 is 0 Å². The van der Waals surface area contributed by atoms with Crippen LogP contribution in [0.15, 0.2) is 72.8 Å². The van der Waals surface area contributed by atoms with Crippen molar-refractivity contribution in [3.63, 3.8) is 0 Å². The first-order chi connectivity index (χ1) is 15.0. The van der Waals surface area contributed by atoms with Gasteiger partial charge in [-0.1, -0.05) is 36.4 Å². The van der Waals surface area contributed by atoms with Gasteiger partial charge in [-0.15, -0.1) is 0 Å². The largest absolute Gasteiger partial charge is 0.478 e. The van der Waals surface area contributed by atoms with Crippen LogP contribution in [0.4, 0.5) is 11.4 Å². The summed E-state index contributed by atoms with van der Waals surface area (Å²) in [5.74, 6) is -1.82. The first kappa shape index (κ1) is 19.9.